The molecule has 0 saturated heterocycles. The maximum absolute atomic E-state index is 12.9. The Balaban J connectivity index is 2.17. The van der Waals surface area contributed by atoms with Crippen molar-refractivity contribution in [1.29, 1.82) is 0 Å². The van der Waals surface area contributed by atoms with Crippen molar-refractivity contribution in [3.63, 3.8) is 0 Å². The largest absolute Gasteiger partial charge is 0.339 e. The van der Waals surface area contributed by atoms with Crippen molar-refractivity contribution in [3.8, 4) is 0 Å². The predicted octanol–water partition coefficient (Wildman–Crippen LogP) is 2.79. The van der Waals surface area contributed by atoms with Crippen molar-refractivity contribution in [2.45, 2.75) is 25.3 Å². The van der Waals surface area contributed by atoms with Gasteiger partial charge in [0.25, 0.3) is 5.91 Å². The lowest BCUT2D eigenvalue weighted by atomic mass is 10.2. The first-order valence-electron chi connectivity index (χ1n) is 8.00. The van der Waals surface area contributed by atoms with Crippen LogP contribution in [0.2, 0.25) is 0 Å². The highest BCUT2D eigenvalue weighted by Gasteiger charge is 2.18. The minimum atomic E-state index is -3.78. The topological polar surface area (TPSA) is 66.5 Å². The van der Waals surface area contributed by atoms with Crippen LogP contribution < -0.4 is 4.72 Å². The minimum absolute atomic E-state index is 0.0209. The molecule has 2 aromatic rings. The van der Waals surface area contributed by atoms with Crippen LogP contribution in [0.15, 0.2) is 53.4 Å². The Kier molecular flexibility index (Phi) is 6.27. The van der Waals surface area contributed by atoms with Crippen LogP contribution in [0.5, 0.6) is 0 Å². The molecular weight excluding hydrogens is 343 g/mol. The van der Waals surface area contributed by atoms with Gasteiger partial charge >= 0.3 is 0 Å². The Labute approximate surface area is 147 Å². The SMILES string of the molecule is CCN(CC)C(=O)c1cccc(S(=O)(=O)NCc2ccc(F)cc2)c1. The molecule has 0 unspecified atom stereocenters. The van der Waals surface area contributed by atoms with Crippen molar-refractivity contribution in [2.24, 2.45) is 0 Å². The molecule has 5 nitrogen and oxygen atoms in total. The fourth-order valence-corrected chi connectivity index (χ4v) is 3.42. The Morgan fingerprint density at radius 2 is 1.72 bits per heavy atom. The normalized spacial score (nSPS) is 11.3. The van der Waals surface area contributed by atoms with Crippen molar-refractivity contribution < 1.29 is 17.6 Å². The van der Waals surface area contributed by atoms with Crippen LogP contribution in [0.3, 0.4) is 0 Å². The maximum Gasteiger partial charge on any atom is 0.253 e. The van der Waals surface area contributed by atoms with E-state index in [4.69, 9.17) is 0 Å². The predicted molar refractivity (Wildman–Crippen MR) is 94.1 cm³/mol. The molecule has 0 fully saturated rings. The fourth-order valence-electron chi connectivity index (χ4n) is 2.35. The number of amides is 1. The molecule has 1 amide bonds. The average molecular weight is 364 g/mol. The molecular formula is C18H21FN2O3S. The van der Waals surface area contributed by atoms with Crippen molar-refractivity contribution >= 4 is 15.9 Å². The second-order valence-electron chi connectivity index (χ2n) is 5.46. The molecule has 0 heterocycles. The summed E-state index contributed by atoms with van der Waals surface area (Å²) in [5.41, 5.74) is 0.966. The Morgan fingerprint density at radius 3 is 2.32 bits per heavy atom. The maximum atomic E-state index is 12.9. The van der Waals surface area contributed by atoms with Crippen LogP contribution in [-0.4, -0.2) is 32.3 Å². The number of nitrogens with zero attached hydrogens (tertiary/aromatic N) is 1. The molecule has 0 aliphatic rings. The quantitative estimate of drug-likeness (QED) is 0.821. The number of hydrogen-bond donors (Lipinski definition) is 1. The van der Waals surface area contributed by atoms with Crippen molar-refractivity contribution in [3.05, 3.63) is 65.5 Å². The molecule has 0 aliphatic carbocycles. The summed E-state index contributed by atoms with van der Waals surface area (Å²) in [5.74, 6) is -0.588. The lowest BCUT2D eigenvalue weighted by Crippen LogP contribution is -2.30. The zero-order valence-electron chi connectivity index (χ0n) is 14.2. The van der Waals surface area contributed by atoms with E-state index in [1.165, 1.54) is 36.4 Å². The lowest BCUT2D eigenvalue weighted by molar-refractivity contribution is 0.0772. The number of sulfonamides is 1. The van der Waals surface area contributed by atoms with Gasteiger partial charge in [0.15, 0.2) is 0 Å². The van der Waals surface area contributed by atoms with Gasteiger partial charge in [-0.3, -0.25) is 4.79 Å². The van der Waals surface area contributed by atoms with Gasteiger partial charge in [0.05, 0.1) is 4.90 Å². The monoisotopic (exact) mass is 364 g/mol. The zero-order valence-corrected chi connectivity index (χ0v) is 15.0. The van der Waals surface area contributed by atoms with E-state index in [1.807, 2.05) is 13.8 Å². The second-order valence-corrected chi connectivity index (χ2v) is 7.22. The van der Waals surface area contributed by atoms with E-state index in [2.05, 4.69) is 4.72 Å². The fraction of sp³-hybridized carbons (Fsp3) is 0.278. The van der Waals surface area contributed by atoms with E-state index in [0.717, 1.165) is 0 Å². The Bertz CT molecular complexity index is 832. The second kappa shape index (κ2) is 8.22. The molecule has 0 radical (unpaired) electrons. The summed E-state index contributed by atoms with van der Waals surface area (Å²) in [5, 5.41) is 0. The van der Waals surface area contributed by atoms with Gasteiger partial charge in [0.2, 0.25) is 10.0 Å². The number of carbonyl (C=O) groups excluding carboxylic acids is 1. The summed E-state index contributed by atoms with van der Waals surface area (Å²) in [4.78, 5) is 14.0. The molecule has 0 aliphatic heterocycles. The molecule has 0 saturated carbocycles. The van der Waals surface area contributed by atoms with Gasteiger partial charge in [0, 0.05) is 25.2 Å². The third-order valence-corrected chi connectivity index (χ3v) is 5.22. The van der Waals surface area contributed by atoms with E-state index in [1.54, 1.807) is 17.0 Å². The van der Waals surface area contributed by atoms with Crippen LogP contribution in [0.1, 0.15) is 29.8 Å². The molecule has 0 atom stereocenters. The lowest BCUT2D eigenvalue weighted by Gasteiger charge is -2.19. The molecule has 0 aromatic heterocycles. The number of carbonyl (C=O) groups is 1. The molecule has 1 N–H and O–H groups in total. The van der Waals surface area contributed by atoms with Crippen LogP contribution in [0.25, 0.3) is 0 Å². The average Bonchev–Trinajstić information content (AvgIpc) is 2.62. The number of benzene rings is 2. The summed E-state index contributed by atoms with van der Waals surface area (Å²) in [7, 11) is -3.78. The molecule has 7 heteroatoms. The van der Waals surface area contributed by atoms with Crippen LogP contribution in [0.4, 0.5) is 4.39 Å². The van der Waals surface area contributed by atoms with Gasteiger partial charge in [-0.1, -0.05) is 18.2 Å². The number of halogens is 1. The number of hydrogen-bond acceptors (Lipinski definition) is 3. The van der Waals surface area contributed by atoms with E-state index in [9.17, 15) is 17.6 Å². The summed E-state index contributed by atoms with van der Waals surface area (Å²) in [6.45, 7) is 4.87. The smallest absolute Gasteiger partial charge is 0.253 e. The Morgan fingerprint density at radius 1 is 1.08 bits per heavy atom. The highest BCUT2D eigenvalue weighted by molar-refractivity contribution is 7.89. The van der Waals surface area contributed by atoms with Crippen LogP contribution >= 0.6 is 0 Å². The highest BCUT2D eigenvalue weighted by atomic mass is 32.2. The van der Waals surface area contributed by atoms with Crippen molar-refractivity contribution in [2.75, 3.05) is 13.1 Å². The standard InChI is InChI=1S/C18H21FN2O3S/c1-3-21(4-2)18(22)15-6-5-7-17(12-15)25(23,24)20-13-14-8-10-16(19)11-9-14/h5-12,20H,3-4,13H2,1-2H3. The van der Waals surface area contributed by atoms with E-state index >= 15 is 0 Å². The molecule has 0 bridgehead atoms. The number of rotatable bonds is 7. The number of nitrogens with one attached hydrogen (secondary N) is 1. The molecule has 2 aromatic carbocycles. The van der Waals surface area contributed by atoms with Gasteiger partial charge in [-0.05, 0) is 49.7 Å². The molecule has 134 valence electrons. The van der Waals surface area contributed by atoms with E-state index in [0.29, 0.717) is 24.2 Å². The van der Waals surface area contributed by atoms with Gasteiger partial charge in [-0.2, -0.15) is 0 Å². The first-order chi connectivity index (χ1) is 11.9. The Hall–Kier alpha value is -2.25. The molecule has 25 heavy (non-hydrogen) atoms. The minimum Gasteiger partial charge on any atom is -0.339 e. The summed E-state index contributed by atoms with van der Waals surface area (Å²) in [6.07, 6.45) is 0. The van der Waals surface area contributed by atoms with Crippen LogP contribution in [0, 0.1) is 5.82 Å². The van der Waals surface area contributed by atoms with Gasteiger partial charge in [0.1, 0.15) is 5.82 Å². The highest BCUT2D eigenvalue weighted by Crippen LogP contribution is 2.14. The van der Waals surface area contributed by atoms with E-state index in [-0.39, 0.29) is 23.2 Å². The summed E-state index contributed by atoms with van der Waals surface area (Å²) < 4.78 is 40.2. The molecule has 2 rings (SSSR count). The third-order valence-electron chi connectivity index (χ3n) is 3.82. The van der Waals surface area contributed by atoms with Crippen LogP contribution in [-0.2, 0) is 16.6 Å². The van der Waals surface area contributed by atoms with Gasteiger partial charge in [-0.15, -0.1) is 0 Å². The first kappa shape index (κ1) is 19.1. The van der Waals surface area contributed by atoms with Crippen molar-refractivity contribution in [1.82, 2.24) is 9.62 Å². The first-order valence-corrected chi connectivity index (χ1v) is 9.49. The third kappa shape index (κ3) is 4.87. The van der Waals surface area contributed by atoms with Gasteiger partial charge in [-0.25, -0.2) is 17.5 Å². The van der Waals surface area contributed by atoms with Gasteiger partial charge < -0.3 is 4.90 Å². The summed E-state index contributed by atoms with van der Waals surface area (Å²) in [6, 6.07) is 11.5. The zero-order chi connectivity index (χ0) is 18.4. The molecule has 0 spiro atoms. The van der Waals surface area contributed by atoms with E-state index < -0.39 is 10.0 Å². The summed E-state index contributed by atoms with van der Waals surface area (Å²) >= 11 is 0.